The van der Waals surface area contributed by atoms with E-state index in [2.05, 4.69) is 10.6 Å². The molecule has 0 aliphatic carbocycles. The van der Waals surface area contributed by atoms with Gasteiger partial charge in [0.25, 0.3) is 0 Å². The molecule has 0 amide bonds. The standard InChI is InChI=1S/C10H8N2O2S/c1-2-7-12-15(13,14)10-6-4-3-5-9(10)8-11/h1,3-6,12H,7H2. The van der Waals surface area contributed by atoms with Crippen LogP contribution in [0.2, 0.25) is 0 Å². The van der Waals surface area contributed by atoms with E-state index in [4.69, 9.17) is 11.7 Å². The molecule has 0 aliphatic rings. The summed E-state index contributed by atoms with van der Waals surface area (Å²) in [6.45, 7) is -0.0951. The summed E-state index contributed by atoms with van der Waals surface area (Å²) in [4.78, 5) is -0.0530. The highest BCUT2D eigenvalue weighted by Gasteiger charge is 2.16. The summed E-state index contributed by atoms with van der Waals surface area (Å²) in [5, 5.41) is 8.72. The molecule has 0 fully saturated rings. The molecule has 0 saturated heterocycles. The minimum absolute atomic E-state index is 0.0530. The lowest BCUT2D eigenvalue weighted by molar-refractivity contribution is 0.586. The Morgan fingerprint density at radius 2 is 2.07 bits per heavy atom. The van der Waals surface area contributed by atoms with Crippen molar-refractivity contribution in [2.24, 2.45) is 0 Å². The molecule has 1 aromatic carbocycles. The van der Waals surface area contributed by atoms with Crippen LogP contribution < -0.4 is 4.72 Å². The lowest BCUT2D eigenvalue weighted by Gasteiger charge is -2.04. The maximum atomic E-state index is 11.6. The zero-order chi connectivity index (χ0) is 11.3. The van der Waals surface area contributed by atoms with Crippen LogP contribution in [-0.2, 0) is 10.0 Å². The zero-order valence-electron chi connectivity index (χ0n) is 7.77. The van der Waals surface area contributed by atoms with Gasteiger partial charge in [-0.25, -0.2) is 8.42 Å². The van der Waals surface area contributed by atoms with Crippen molar-refractivity contribution in [2.45, 2.75) is 4.90 Å². The number of hydrogen-bond donors (Lipinski definition) is 1. The van der Waals surface area contributed by atoms with Gasteiger partial charge in [-0.2, -0.15) is 9.98 Å². The van der Waals surface area contributed by atoms with E-state index in [1.165, 1.54) is 12.1 Å². The molecular formula is C10H8N2O2S. The summed E-state index contributed by atoms with van der Waals surface area (Å²) in [6, 6.07) is 7.74. The van der Waals surface area contributed by atoms with Gasteiger partial charge in [-0.15, -0.1) is 6.42 Å². The van der Waals surface area contributed by atoms with E-state index in [0.29, 0.717) is 0 Å². The summed E-state index contributed by atoms with van der Waals surface area (Å²) < 4.78 is 25.4. The molecule has 0 aliphatic heterocycles. The van der Waals surface area contributed by atoms with Crippen LogP contribution in [0.15, 0.2) is 29.2 Å². The van der Waals surface area contributed by atoms with Crippen LogP contribution >= 0.6 is 0 Å². The fraction of sp³-hybridized carbons (Fsp3) is 0.100. The molecule has 0 aromatic heterocycles. The van der Waals surface area contributed by atoms with Gasteiger partial charge in [0.05, 0.1) is 17.0 Å². The van der Waals surface area contributed by atoms with Crippen LogP contribution in [0.5, 0.6) is 0 Å². The van der Waals surface area contributed by atoms with E-state index in [-0.39, 0.29) is 17.0 Å². The number of nitrogens with zero attached hydrogens (tertiary/aromatic N) is 1. The van der Waals surface area contributed by atoms with Crippen LogP contribution in [0, 0.1) is 23.7 Å². The molecule has 1 N–H and O–H groups in total. The summed E-state index contributed by atoms with van der Waals surface area (Å²) >= 11 is 0. The number of nitriles is 1. The smallest absolute Gasteiger partial charge is 0.207 e. The lowest BCUT2D eigenvalue weighted by atomic mass is 10.2. The van der Waals surface area contributed by atoms with Gasteiger partial charge < -0.3 is 0 Å². The Morgan fingerprint density at radius 3 is 2.67 bits per heavy atom. The molecule has 1 rings (SSSR count). The van der Waals surface area contributed by atoms with Gasteiger partial charge in [-0.3, -0.25) is 0 Å². The fourth-order valence-corrected chi connectivity index (χ4v) is 2.10. The van der Waals surface area contributed by atoms with Gasteiger partial charge in [-0.1, -0.05) is 18.1 Å². The highest BCUT2D eigenvalue weighted by Crippen LogP contribution is 2.13. The molecule has 0 bridgehead atoms. The molecule has 0 atom stereocenters. The molecule has 0 radical (unpaired) electrons. The van der Waals surface area contributed by atoms with Crippen molar-refractivity contribution >= 4 is 10.0 Å². The van der Waals surface area contributed by atoms with Crippen molar-refractivity contribution in [1.82, 2.24) is 4.72 Å². The van der Waals surface area contributed by atoms with Crippen molar-refractivity contribution < 1.29 is 8.42 Å². The number of benzene rings is 1. The number of sulfonamides is 1. The molecule has 0 unspecified atom stereocenters. The first-order chi connectivity index (χ1) is 7.11. The number of nitrogens with one attached hydrogen (secondary N) is 1. The minimum Gasteiger partial charge on any atom is -0.207 e. The number of terminal acetylenes is 1. The van der Waals surface area contributed by atoms with Gasteiger partial charge in [0.2, 0.25) is 10.0 Å². The highest BCUT2D eigenvalue weighted by molar-refractivity contribution is 7.89. The Balaban J connectivity index is 3.18. The van der Waals surface area contributed by atoms with E-state index in [1.807, 2.05) is 6.07 Å². The molecule has 0 spiro atoms. The topological polar surface area (TPSA) is 70.0 Å². The number of hydrogen-bond acceptors (Lipinski definition) is 3. The Labute approximate surface area is 88.6 Å². The quantitative estimate of drug-likeness (QED) is 0.753. The SMILES string of the molecule is C#CCNS(=O)(=O)c1ccccc1C#N. The lowest BCUT2D eigenvalue weighted by Crippen LogP contribution is -2.24. The van der Waals surface area contributed by atoms with Crippen LogP contribution in [0.4, 0.5) is 0 Å². The summed E-state index contributed by atoms with van der Waals surface area (Å²) in [6.07, 6.45) is 4.94. The average molecular weight is 220 g/mol. The molecule has 5 heteroatoms. The maximum absolute atomic E-state index is 11.6. The molecule has 76 valence electrons. The molecule has 4 nitrogen and oxygen atoms in total. The van der Waals surface area contributed by atoms with E-state index < -0.39 is 10.0 Å². The van der Waals surface area contributed by atoms with E-state index in [9.17, 15) is 8.42 Å². The number of rotatable bonds is 3. The third-order valence-corrected chi connectivity index (χ3v) is 3.12. The maximum Gasteiger partial charge on any atom is 0.242 e. The van der Waals surface area contributed by atoms with Gasteiger partial charge in [0, 0.05) is 0 Å². The van der Waals surface area contributed by atoms with Crippen molar-refractivity contribution in [3.8, 4) is 18.4 Å². The average Bonchev–Trinajstić information content (AvgIpc) is 2.26. The predicted octanol–water partition coefficient (Wildman–Crippen LogP) is 0.470. The largest absolute Gasteiger partial charge is 0.242 e. The second-order valence-corrected chi connectivity index (χ2v) is 4.37. The molecule has 15 heavy (non-hydrogen) atoms. The minimum atomic E-state index is -3.68. The first-order valence-electron chi connectivity index (χ1n) is 4.04. The predicted molar refractivity (Wildman–Crippen MR) is 55.2 cm³/mol. The van der Waals surface area contributed by atoms with Gasteiger partial charge >= 0.3 is 0 Å². The van der Waals surface area contributed by atoms with Crippen molar-refractivity contribution in [1.29, 1.82) is 5.26 Å². The van der Waals surface area contributed by atoms with E-state index in [1.54, 1.807) is 12.1 Å². The van der Waals surface area contributed by atoms with E-state index >= 15 is 0 Å². The van der Waals surface area contributed by atoms with Crippen molar-refractivity contribution in [2.75, 3.05) is 6.54 Å². The Morgan fingerprint density at radius 1 is 1.40 bits per heavy atom. The summed E-state index contributed by atoms with van der Waals surface area (Å²) in [5.74, 6) is 2.16. The van der Waals surface area contributed by atoms with Crippen molar-refractivity contribution in [3.63, 3.8) is 0 Å². The summed E-state index contributed by atoms with van der Waals surface area (Å²) in [5.41, 5.74) is 0.0991. The zero-order valence-corrected chi connectivity index (χ0v) is 8.58. The molecule has 0 heterocycles. The van der Waals surface area contributed by atoms with Crippen LogP contribution in [0.25, 0.3) is 0 Å². The monoisotopic (exact) mass is 220 g/mol. The normalized spacial score (nSPS) is 10.3. The molecule has 0 saturated carbocycles. The van der Waals surface area contributed by atoms with E-state index in [0.717, 1.165) is 0 Å². The third-order valence-electron chi connectivity index (χ3n) is 1.66. The first-order valence-corrected chi connectivity index (χ1v) is 5.52. The second kappa shape index (κ2) is 4.61. The van der Waals surface area contributed by atoms with Crippen LogP contribution in [-0.4, -0.2) is 15.0 Å². The van der Waals surface area contributed by atoms with Crippen LogP contribution in [0.1, 0.15) is 5.56 Å². The molecular weight excluding hydrogens is 212 g/mol. The van der Waals surface area contributed by atoms with Gasteiger partial charge in [-0.05, 0) is 12.1 Å². The summed E-state index contributed by atoms with van der Waals surface area (Å²) in [7, 11) is -3.68. The Bertz CT molecular complexity index is 535. The Hall–Kier alpha value is -1.82. The van der Waals surface area contributed by atoms with Crippen LogP contribution in [0.3, 0.4) is 0 Å². The Kier molecular flexibility index (Phi) is 3.46. The molecule has 1 aromatic rings. The van der Waals surface area contributed by atoms with Gasteiger partial charge in [0.1, 0.15) is 6.07 Å². The first kappa shape index (κ1) is 11.3. The third kappa shape index (κ3) is 2.57. The second-order valence-electron chi connectivity index (χ2n) is 2.64. The van der Waals surface area contributed by atoms with Crippen molar-refractivity contribution in [3.05, 3.63) is 29.8 Å². The fourth-order valence-electron chi connectivity index (χ4n) is 1.01. The van der Waals surface area contributed by atoms with Gasteiger partial charge in [0.15, 0.2) is 0 Å². The highest BCUT2D eigenvalue weighted by atomic mass is 32.2.